The summed E-state index contributed by atoms with van der Waals surface area (Å²) in [5.41, 5.74) is 2.56. The minimum Gasteiger partial charge on any atom is -0.350 e. The second-order valence-electron chi connectivity index (χ2n) is 5.37. The monoisotopic (exact) mass is 292 g/mol. The molecular formula is C14H24N6O. The van der Waals surface area contributed by atoms with Gasteiger partial charge >= 0.3 is 0 Å². The lowest BCUT2D eigenvalue weighted by molar-refractivity contribution is -0.128. The van der Waals surface area contributed by atoms with Gasteiger partial charge in [-0.05, 0) is 19.3 Å². The zero-order chi connectivity index (χ0) is 15.2. The van der Waals surface area contributed by atoms with E-state index in [9.17, 15) is 4.79 Å². The predicted molar refractivity (Wildman–Crippen MR) is 82.9 cm³/mol. The number of nitrogen functional groups attached to an aromatic ring is 1. The number of carbonyl (C=O) groups is 1. The number of carbonyl (C=O) groups excluding carboxylic acids is 1. The number of hydrogen-bond acceptors (Lipinski definition) is 6. The smallest absolute Gasteiger partial charge is 0.242 e. The van der Waals surface area contributed by atoms with Gasteiger partial charge in [0.2, 0.25) is 5.91 Å². The number of aryl methyl sites for hydroxylation is 1. The third-order valence-corrected chi connectivity index (χ3v) is 3.60. The summed E-state index contributed by atoms with van der Waals surface area (Å²) in [6, 6.07) is 1.76. The number of hydrogen-bond donors (Lipinski definition) is 2. The fourth-order valence-electron chi connectivity index (χ4n) is 2.44. The minimum absolute atomic E-state index is 0.146. The number of hydrazine groups is 1. The molecule has 1 saturated heterocycles. The number of anilines is 2. The van der Waals surface area contributed by atoms with Crippen molar-refractivity contribution < 1.29 is 4.79 Å². The van der Waals surface area contributed by atoms with Gasteiger partial charge in [0, 0.05) is 32.6 Å². The topological polar surface area (TPSA) is 87.4 Å². The second kappa shape index (κ2) is 7.21. The van der Waals surface area contributed by atoms with E-state index in [-0.39, 0.29) is 5.91 Å². The molecule has 1 aliphatic heterocycles. The highest BCUT2D eigenvalue weighted by Gasteiger charge is 2.20. The van der Waals surface area contributed by atoms with Crippen molar-refractivity contribution in [1.82, 2.24) is 14.9 Å². The molecule has 0 saturated carbocycles. The van der Waals surface area contributed by atoms with Gasteiger partial charge < -0.3 is 15.2 Å². The van der Waals surface area contributed by atoms with E-state index >= 15 is 0 Å². The van der Waals surface area contributed by atoms with Crippen molar-refractivity contribution in [2.75, 3.05) is 37.0 Å². The lowest BCUT2D eigenvalue weighted by Gasteiger charge is -2.22. The molecule has 0 radical (unpaired) electrons. The Balaban J connectivity index is 2.08. The third kappa shape index (κ3) is 4.04. The molecule has 1 aromatic heterocycles. The van der Waals surface area contributed by atoms with Crippen molar-refractivity contribution in [1.29, 1.82) is 0 Å². The van der Waals surface area contributed by atoms with Crippen LogP contribution in [0, 0.1) is 0 Å². The third-order valence-electron chi connectivity index (χ3n) is 3.60. The zero-order valence-electron chi connectivity index (χ0n) is 12.8. The first-order valence-electron chi connectivity index (χ1n) is 7.47. The van der Waals surface area contributed by atoms with Crippen LogP contribution in [0.5, 0.6) is 0 Å². The maximum Gasteiger partial charge on any atom is 0.242 e. The Hall–Kier alpha value is -1.89. The van der Waals surface area contributed by atoms with Crippen molar-refractivity contribution >= 4 is 17.5 Å². The van der Waals surface area contributed by atoms with E-state index in [4.69, 9.17) is 5.84 Å². The molecule has 0 aromatic carbocycles. The summed E-state index contributed by atoms with van der Waals surface area (Å²) in [5.74, 6) is 7.63. The number of likely N-dealkylation sites (tertiary alicyclic amines) is 1. The average molecular weight is 292 g/mol. The highest BCUT2D eigenvalue weighted by molar-refractivity contribution is 5.81. The van der Waals surface area contributed by atoms with Gasteiger partial charge in [0.15, 0.2) is 0 Å². The molecule has 7 heteroatoms. The lowest BCUT2D eigenvalue weighted by atomic mass is 10.3. The van der Waals surface area contributed by atoms with Crippen LogP contribution >= 0.6 is 0 Å². The van der Waals surface area contributed by atoms with E-state index in [1.807, 2.05) is 16.8 Å². The van der Waals surface area contributed by atoms with Crippen LogP contribution in [0.15, 0.2) is 6.07 Å². The van der Waals surface area contributed by atoms with E-state index in [1.54, 1.807) is 6.07 Å². The van der Waals surface area contributed by atoms with Crippen molar-refractivity contribution in [2.24, 2.45) is 5.84 Å². The van der Waals surface area contributed by atoms with Crippen LogP contribution in [-0.4, -0.2) is 47.5 Å². The molecule has 21 heavy (non-hydrogen) atoms. The molecular weight excluding hydrogens is 268 g/mol. The van der Waals surface area contributed by atoms with Crippen LogP contribution < -0.4 is 16.2 Å². The van der Waals surface area contributed by atoms with Gasteiger partial charge in [0.25, 0.3) is 0 Å². The molecule has 3 N–H and O–H groups in total. The van der Waals surface area contributed by atoms with Gasteiger partial charge in [-0.25, -0.2) is 15.8 Å². The molecule has 1 aliphatic rings. The molecule has 1 aromatic rings. The SMILES string of the molecule is CCCc1nc(NN)cc(N(C)CC(=O)N2CCCC2)n1. The van der Waals surface area contributed by atoms with Crippen molar-refractivity contribution in [3.63, 3.8) is 0 Å². The fraction of sp³-hybridized carbons (Fsp3) is 0.643. The van der Waals surface area contributed by atoms with E-state index in [1.165, 1.54) is 0 Å². The van der Waals surface area contributed by atoms with E-state index in [0.29, 0.717) is 18.2 Å². The van der Waals surface area contributed by atoms with Crippen LogP contribution in [-0.2, 0) is 11.2 Å². The number of likely N-dealkylation sites (N-methyl/N-ethyl adjacent to an activating group) is 1. The van der Waals surface area contributed by atoms with E-state index in [0.717, 1.165) is 44.6 Å². The summed E-state index contributed by atoms with van der Waals surface area (Å²) in [5, 5.41) is 0. The molecule has 2 rings (SSSR count). The quantitative estimate of drug-likeness (QED) is 0.595. The molecule has 0 atom stereocenters. The summed E-state index contributed by atoms with van der Waals surface area (Å²) in [6.45, 7) is 4.14. The first-order valence-corrected chi connectivity index (χ1v) is 7.47. The van der Waals surface area contributed by atoms with Crippen LogP contribution in [0.4, 0.5) is 11.6 Å². The summed E-state index contributed by atoms with van der Waals surface area (Å²) in [7, 11) is 1.87. The Morgan fingerprint density at radius 3 is 2.76 bits per heavy atom. The van der Waals surface area contributed by atoms with Crippen LogP contribution in [0.3, 0.4) is 0 Å². The zero-order valence-corrected chi connectivity index (χ0v) is 12.8. The van der Waals surface area contributed by atoms with E-state index < -0.39 is 0 Å². The van der Waals surface area contributed by atoms with Gasteiger partial charge in [0.05, 0.1) is 6.54 Å². The normalized spacial score (nSPS) is 14.3. The summed E-state index contributed by atoms with van der Waals surface area (Å²) in [6.07, 6.45) is 3.95. The second-order valence-corrected chi connectivity index (χ2v) is 5.37. The lowest BCUT2D eigenvalue weighted by Crippen LogP contribution is -2.37. The predicted octanol–water partition coefficient (Wildman–Crippen LogP) is 0.773. The molecule has 2 heterocycles. The number of nitrogens with two attached hydrogens (primary N) is 1. The Bertz CT molecular complexity index is 486. The standard InChI is InChI=1S/C14H24N6O/c1-3-6-11-16-12(18-15)9-13(17-11)19(2)10-14(21)20-7-4-5-8-20/h9H,3-8,10,15H2,1-2H3,(H,16,17,18). The molecule has 0 bridgehead atoms. The number of rotatable bonds is 6. The molecule has 0 unspecified atom stereocenters. The summed E-state index contributed by atoms with van der Waals surface area (Å²) >= 11 is 0. The summed E-state index contributed by atoms with van der Waals surface area (Å²) in [4.78, 5) is 24.8. The first-order chi connectivity index (χ1) is 10.1. The average Bonchev–Trinajstić information content (AvgIpc) is 3.01. The Labute approximate surface area is 125 Å². The van der Waals surface area contributed by atoms with Gasteiger partial charge in [-0.1, -0.05) is 6.92 Å². The molecule has 1 fully saturated rings. The highest BCUT2D eigenvalue weighted by Crippen LogP contribution is 2.16. The van der Waals surface area contributed by atoms with Crippen LogP contribution in [0.25, 0.3) is 0 Å². The van der Waals surface area contributed by atoms with Crippen LogP contribution in [0.1, 0.15) is 32.0 Å². The van der Waals surface area contributed by atoms with Crippen LogP contribution in [0.2, 0.25) is 0 Å². The minimum atomic E-state index is 0.146. The number of nitrogens with one attached hydrogen (secondary N) is 1. The van der Waals surface area contributed by atoms with Gasteiger partial charge in [-0.2, -0.15) is 0 Å². The molecule has 116 valence electrons. The van der Waals surface area contributed by atoms with E-state index in [2.05, 4.69) is 22.3 Å². The summed E-state index contributed by atoms with van der Waals surface area (Å²) < 4.78 is 0. The number of amides is 1. The van der Waals surface area contributed by atoms with Crippen molar-refractivity contribution in [2.45, 2.75) is 32.6 Å². The first kappa shape index (κ1) is 15.5. The number of nitrogens with zero attached hydrogens (tertiary/aromatic N) is 4. The highest BCUT2D eigenvalue weighted by atomic mass is 16.2. The largest absolute Gasteiger partial charge is 0.350 e. The van der Waals surface area contributed by atoms with Gasteiger partial charge in [-0.15, -0.1) is 0 Å². The maximum absolute atomic E-state index is 12.2. The Morgan fingerprint density at radius 2 is 2.14 bits per heavy atom. The molecule has 0 spiro atoms. The van der Waals surface area contributed by atoms with Gasteiger partial charge in [-0.3, -0.25) is 4.79 Å². The Kier molecular flexibility index (Phi) is 5.32. The number of aromatic nitrogens is 2. The molecule has 1 amide bonds. The molecule has 0 aliphatic carbocycles. The Morgan fingerprint density at radius 1 is 1.43 bits per heavy atom. The fourth-order valence-corrected chi connectivity index (χ4v) is 2.44. The molecule has 7 nitrogen and oxygen atoms in total. The van der Waals surface area contributed by atoms with Crippen molar-refractivity contribution in [3.05, 3.63) is 11.9 Å². The van der Waals surface area contributed by atoms with Crippen molar-refractivity contribution in [3.8, 4) is 0 Å². The maximum atomic E-state index is 12.2. The van der Waals surface area contributed by atoms with Gasteiger partial charge in [0.1, 0.15) is 17.5 Å².